The number of hydroxylamine groups is 2. The summed E-state index contributed by atoms with van der Waals surface area (Å²) < 4.78 is 1.72. The van der Waals surface area contributed by atoms with Crippen LogP contribution in [0.2, 0.25) is 0 Å². The summed E-state index contributed by atoms with van der Waals surface area (Å²) in [6, 6.07) is 1.67. The van der Waals surface area contributed by atoms with Crippen LogP contribution in [-0.4, -0.2) is 28.7 Å². The van der Waals surface area contributed by atoms with Gasteiger partial charge >= 0.3 is 0 Å². The highest BCUT2D eigenvalue weighted by molar-refractivity contribution is 5.93. The molecule has 1 aliphatic rings. The van der Waals surface area contributed by atoms with Gasteiger partial charge in [-0.25, -0.2) is 5.06 Å². The molecule has 1 amide bonds. The van der Waals surface area contributed by atoms with Gasteiger partial charge in [-0.15, -0.1) is 0 Å². The van der Waals surface area contributed by atoms with Crippen LogP contribution in [0.4, 0.5) is 5.69 Å². The molecule has 1 aromatic rings. The van der Waals surface area contributed by atoms with E-state index in [1.807, 2.05) is 0 Å². The van der Waals surface area contributed by atoms with Crippen LogP contribution in [0.3, 0.4) is 0 Å². The third kappa shape index (κ3) is 1.97. The van der Waals surface area contributed by atoms with Gasteiger partial charge in [0, 0.05) is 19.8 Å². The largest absolute Gasteiger partial charge is 0.397 e. The molecule has 0 unspecified atom stereocenters. The lowest BCUT2D eigenvalue weighted by Crippen LogP contribution is -2.36. The Kier molecular flexibility index (Phi) is 2.64. The molecule has 2 rings (SSSR count). The Morgan fingerprint density at radius 2 is 2.33 bits per heavy atom. The maximum atomic E-state index is 12.0. The molecular formula is C10H15N3O2. The Hall–Kier alpha value is -1.49. The zero-order valence-electron chi connectivity index (χ0n) is 8.77. The van der Waals surface area contributed by atoms with Gasteiger partial charge in [0.2, 0.25) is 0 Å². The number of aromatic nitrogens is 1. The molecule has 82 valence electrons. The summed E-state index contributed by atoms with van der Waals surface area (Å²) in [6.07, 6.45) is 3.72. The van der Waals surface area contributed by atoms with Gasteiger partial charge < -0.3 is 10.3 Å². The third-order valence-electron chi connectivity index (χ3n) is 2.47. The summed E-state index contributed by atoms with van der Waals surface area (Å²) in [4.78, 5) is 17.2. The Morgan fingerprint density at radius 1 is 1.53 bits per heavy atom. The van der Waals surface area contributed by atoms with E-state index >= 15 is 0 Å². The highest BCUT2D eigenvalue weighted by atomic mass is 16.7. The van der Waals surface area contributed by atoms with E-state index in [-0.39, 0.29) is 5.91 Å². The van der Waals surface area contributed by atoms with Gasteiger partial charge in [-0.05, 0) is 18.9 Å². The normalized spacial score (nSPS) is 16.7. The molecule has 5 nitrogen and oxygen atoms in total. The van der Waals surface area contributed by atoms with E-state index in [1.165, 1.54) is 5.06 Å². The molecule has 0 atom stereocenters. The fourth-order valence-electron chi connectivity index (χ4n) is 1.69. The molecule has 1 aromatic heterocycles. The fraction of sp³-hybridized carbons (Fsp3) is 0.500. The van der Waals surface area contributed by atoms with Gasteiger partial charge in [-0.1, -0.05) is 0 Å². The lowest BCUT2D eigenvalue weighted by molar-refractivity contribution is -0.144. The van der Waals surface area contributed by atoms with Gasteiger partial charge in [0.25, 0.3) is 5.91 Å². The van der Waals surface area contributed by atoms with Crippen molar-refractivity contribution in [3.05, 3.63) is 18.0 Å². The van der Waals surface area contributed by atoms with Crippen molar-refractivity contribution in [2.75, 3.05) is 18.9 Å². The first-order chi connectivity index (χ1) is 7.18. The number of anilines is 1. The molecule has 1 fully saturated rings. The van der Waals surface area contributed by atoms with Crippen LogP contribution in [0.1, 0.15) is 23.3 Å². The van der Waals surface area contributed by atoms with E-state index in [4.69, 9.17) is 10.6 Å². The number of rotatable bonds is 1. The molecule has 1 aliphatic heterocycles. The minimum absolute atomic E-state index is 0.117. The highest BCUT2D eigenvalue weighted by Crippen LogP contribution is 2.14. The van der Waals surface area contributed by atoms with E-state index in [2.05, 4.69) is 0 Å². The Morgan fingerprint density at radius 3 is 2.87 bits per heavy atom. The van der Waals surface area contributed by atoms with Crippen molar-refractivity contribution in [3.8, 4) is 0 Å². The molecule has 0 radical (unpaired) electrons. The Balaban J connectivity index is 2.16. The van der Waals surface area contributed by atoms with Crippen LogP contribution >= 0.6 is 0 Å². The van der Waals surface area contributed by atoms with E-state index < -0.39 is 0 Å². The van der Waals surface area contributed by atoms with Crippen LogP contribution in [0.15, 0.2) is 12.3 Å². The minimum atomic E-state index is -0.117. The quantitative estimate of drug-likeness (QED) is 0.743. The molecule has 0 bridgehead atoms. The predicted octanol–water partition coefficient (Wildman–Crippen LogP) is 0.775. The van der Waals surface area contributed by atoms with Gasteiger partial charge in [0.05, 0.1) is 12.3 Å². The van der Waals surface area contributed by atoms with Crippen molar-refractivity contribution in [2.24, 2.45) is 7.05 Å². The number of carbonyl (C=O) groups is 1. The lowest BCUT2D eigenvalue weighted by Gasteiger charge is -2.25. The van der Waals surface area contributed by atoms with Crippen LogP contribution in [-0.2, 0) is 11.9 Å². The lowest BCUT2D eigenvalue weighted by atomic mass is 10.3. The first kappa shape index (κ1) is 10.0. The smallest absolute Gasteiger partial charge is 0.294 e. The molecule has 2 N–H and O–H groups in total. The summed E-state index contributed by atoms with van der Waals surface area (Å²) in [5, 5.41) is 1.41. The van der Waals surface area contributed by atoms with Crippen molar-refractivity contribution in [3.63, 3.8) is 0 Å². The molecule has 15 heavy (non-hydrogen) atoms. The van der Waals surface area contributed by atoms with Crippen LogP contribution in [0.5, 0.6) is 0 Å². The number of aryl methyl sites for hydroxylation is 1. The van der Waals surface area contributed by atoms with Crippen molar-refractivity contribution in [2.45, 2.75) is 12.8 Å². The Labute approximate surface area is 88.4 Å². The standard InChI is InChI=1S/C10H15N3O2/c1-12-7-8(11)6-9(12)10(14)13-4-2-3-5-15-13/h6-7H,2-5,11H2,1H3. The number of nitrogens with two attached hydrogens (primary N) is 1. The summed E-state index contributed by atoms with van der Waals surface area (Å²) in [7, 11) is 1.80. The second-order valence-electron chi connectivity index (χ2n) is 3.72. The van der Waals surface area contributed by atoms with Gasteiger partial charge in [0.15, 0.2) is 0 Å². The van der Waals surface area contributed by atoms with E-state index in [0.717, 1.165) is 12.8 Å². The van der Waals surface area contributed by atoms with Crippen molar-refractivity contribution in [1.82, 2.24) is 9.63 Å². The van der Waals surface area contributed by atoms with Crippen LogP contribution < -0.4 is 5.73 Å². The maximum absolute atomic E-state index is 12.0. The number of nitrogen functional groups attached to an aromatic ring is 1. The molecule has 5 heteroatoms. The number of hydrogen-bond donors (Lipinski definition) is 1. The summed E-state index contributed by atoms with van der Waals surface area (Å²) in [5.74, 6) is -0.117. The average Bonchev–Trinajstić information content (AvgIpc) is 2.58. The highest BCUT2D eigenvalue weighted by Gasteiger charge is 2.21. The topological polar surface area (TPSA) is 60.5 Å². The zero-order valence-corrected chi connectivity index (χ0v) is 8.77. The average molecular weight is 209 g/mol. The maximum Gasteiger partial charge on any atom is 0.294 e. The number of amides is 1. The van der Waals surface area contributed by atoms with Gasteiger partial charge in [-0.3, -0.25) is 9.63 Å². The van der Waals surface area contributed by atoms with E-state index in [9.17, 15) is 4.79 Å². The van der Waals surface area contributed by atoms with Crippen molar-refractivity contribution < 1.29 is 9.63 Å². The number of nitrogens with zero attached hydrogens (tertiary/aromatic N) is 2. The second-order valence-corrected chi connectivity index (χ2v) is 3.72. The molecule has 2 heterocycles. The summed E-state index contributed by atoms with van der Waals surface area (Å²) in [5.41, 5.74) is 6.77. The predicted molar refractivity (Wildman–Crippen MR) is 56.0 cm³/mol. The van der Waals surface area contributed by atoms with Crippen LogP contribution in [0, 0.1) is 0 Å². The molecule has 0 saturated carbocycles. The van der Waals surface area contributed by atoms with Gasteiger partial charge in [0.1, 0.15) is 5.69 Å². The summed E-state index contributed by atoms with van der Waals surface area (Å²) >= 11 is 0. The van der Waals surface area contributed by atoms with Gasteiger partial charge in [-0.2, -0.15) is 0 Å². The first-order valence-corrected chi connectivity index (χ1v) is 5.05. The number of hydrogen-bond acceptors (Lipinski definition) is 3. The SMILES string of the molecule is Cn1cc(N)cc1C(=O)N1CCCCO1. The second kappa shape index (κ2) is 3.94. The van der Waals surface area contributed by atoms with E-state index in [1.54, 1.807) is 23.9 Å². The summed E-state index contributed by atoms with van der Waals surface area (Å²) in [6.45, 7) is 1.27. The van der Waals surface area contributed by atoms with Crippen molar-refractivity contribution in [1.29, 1.82) is 0 Å². The first-order valence-electron chi connectivity index (χ1n) is 5.05. The molecule has 0 spiro atoms. The minimum Gasteiger partial charge on any atom is -0.397 e. The van der Waals surface area contributed by atoms with Crippen molar-refractivity contribution >= 4 is 11.6 Å². The zero-order chi connectivity index (χ0) is 10.8. The number of carbonyl (C=O) groups excluding carboxylic acids is 1. The molecule has 0 aliphatic carbocycles. The fourth-order valence-corrected chi connectivity index (χ4v) is 1.69. The molecule has 0 aromatic carbocycles. The van der Waals surface area contributed by atoms with E-state index in [0.29, 0.717) is 24.5 Å². The Bertz CT molecular complexity index is 367. The third-order valence-corrected chi connectivity index (χ3v) is 2.47. The monoisotopic (exact) mass is 209 g/mol. The van der Waals surface area contributed by atoms with Crippen LogP contribution in [0.25, 0.3) is 0 Å². The molecular weight excluding hydrogens is 194 g/mol. The molecule has 1 saturated heterocycles.